The molecule has 0 aliphatic rings. The van der Waals surface area contributed by atoms with Gasteiger partial charge in [0.15, 0.2) is 0 Å². The first-order valence-electron chi connectivity index (χ1n) is 2.27. The van der Waals surface area contributed by atoms with E-state index in [9.17, 15) is 30.7 Å². The molecule has 0 aromatic heterocycles. The molecule has 0 fully saturated rings. The Morgan fingerprint density at radius 3 is 0.909 bits per heavy atom. The SMILES string of the molecule is CC(F)(F)F.FC(F)C(F)F. The second kappa shape index (κ2) is 5.20. The van der Waals surface area contributed by atoms with Gasteiger partial charge in [-0.25, -0.2) is 17.6 Å². The van der Waals surface area contributed by atoms with Crippen molar-refractivity contribution in [3.8, 4) is 0 Å². The van der Waals surface area contributed by atoms with Crippen molar-refractivity contribution in [3.63, 3.8) is 0 Å². The van der Waals surface area contributed by atoms with Crippen LogP contribution in [-0.2, 0) is 0 Å². The molecule has 0 unspecified atom stereocenters. The van der Waals surface area contributed by atoms with Crippen LogP contribution in [0, 0.1) is 0 Å². The van der Waals surface area contributed by atoms with Crippen molar-refractivity contribution in [2.75, 3.05) is 0 Å². The molecular weight excluding hydrogens is 181 g/mol. The Labute approximate surface area is 58.0 Å². The van der Waals surface area contributed by atoms with Crippen LogP contribution >= 0.6 is 0 Å². The predicted octanol–water partition coefficient (Wildman–Crippen LogP) is 3.09. The van der Waals surface area contributed by atoms with Crippen molar-refractivity contribution in [2.45, 2.75) is 26.0 Å². The molecule has 0 rings (SSSR count). The maximum Gasteiger partial charge on any atom is 0.386 e. The largest absolute Gasteiger partial charge is 0.386 e. The van der Waals surface area contributed by atoms with Crippen molar-refractivity contribution in [2.24, 2.45) is 0 Å². The summed E-state index contributed by atoms with van der Waals surface area (Å²) in [6.07, 6.45) is -11.0. The fraction of sp³-hybridized carbons (Fsp3) is 1.00. The zero-order chi connectivity index (χ0) is 9.65. The number of hydrogen-bond donors (Lipinski definition) is 0. The van der Waals surface area contributed by atoms with Crippen LogP contribution in [0.3, 0.4) is 0 Å². The fourth-order valence-corrected chi connectivity index (χ4v) is 0. The van der Waals surface area contributed by atoms with Crippen molar-refractivity contribution in [1.29, 1.82) is 0 Å². The first-order valence-corrected chi connectivity index (χ1v) is 2.27. The third kappa shape index (κ3) is 43.5. The highest BCUT2D eigenvalue weighted by molar-refractivity contribution is 4.35. The molecule has 0 radical (unpaired) electrons. The minimum atomic E-state index is -4.00. The van der Waals surface area contributed by atoms with Crippen LogP contribution < -0.4 is 0 Å². The molecule has 0 aliphatic carbocycles. The van der Waals surface area contributed by atoms with Crippen molar-refractivity contribution >= 4 is 0 Å². The van der Waals surface area contributed by atoms with Gasteiger partial charge in [-0.05, 0) is 0 Å². The highest BCUT2D eigenvalue weighted by Gasteiger charge is 2.16. The molecule has 0 atom stereocenters. The van der Waals surface area contributed by atoms with Crippen LogP contribution in [0.15, 0.2) is 0 Å². The molecule has 70 valence electrons. The number of alkyl halides is 7. The lowest BCUT2D eigenvalue weighted by atomic mass is 10.8. The Balaban J connectivity index is 0. The Kier molecular flexibility index (Phi) is 6.20. The van der Waals surface area contributed by atoms with E-state index >= 15 is 0 Å². The van der Waals surface area contributed by atoms with Gasteiger partial charge in [0.1, 0.15) is 0 Å². The topological polar surface area (TPSA) is 0 Å². The van der Waals surface area contributed by atoms with Crippen LogP contribution in [0.2, 0.25) is 0 Å². The summed E-state index contributed by atoms with van der Waals surface area (Å²) in [4.78, 5) is 0. The van der Waals surface area contributed by atoms with E-state index in [1.165, 1.54) is 0 Å². The summed E-state index contributed by atoms with van der Waals surface area (Å²) in [5.74, 6) is 0. The first kappa shape index (κ1) is 13.1. The van der Waals surface area contributed by atoms with Crippen molar-refractivity contribution in [3.05, 3.63) is 0 Å². The van der Waals surface area contributed by atoms with Gasteiger partial charge in [0.25, 0.3) is 12.9 Å². The Morgan fingerprint density at radius 2 is 0.909 bits per heavy atom. The van der Waals surface area contributed by atoms with Crippen LogP contribution in [0.4, 0.5) is 30.7 Å². The lowest BCUT2D eigenvalue weighted by Gasteiger charge is -1.89. The smallest absolute Gasteiger partial charge is 0.204 e. The van der Waals surface area contributed by atoms with Gasteiger partial charge in [-0.2, -0.15) is 13.2 Å². The summed E-state index contributed by atoms with van der Waals surface area (Å²) in [7, 11) is 0. The van der Waals surface area contributed by atoms with Gasteiger partial charge in [-0.1, -0.05) is 0 Å². The van der Waals surface area contributed by atoms with Gasteiger partial charge < -0.3 is 0 Å². The second-order valence-electron chi connectivity index (χ2n) is 1.45. The van der Waals surface area contributed by atoms with E-state index in [4.69, 9.17) is 0 Å². The summed E-state index contributed by atoms with van der Waals surface area (Å²) < 4.78 is 72.7. The zero-order valence-corrected chi connectivity index (χ0v) is 5.30. The molecule has 0 heterocycles. The van der Waals surface area contributed by atoms with Crippen LogP contribution in [0.25, 0.3) is 0 Å². The monoisotopic (exact) mass is 186 g/mol. The summed E-state index contributed by atoms with van der Waals surface area (Å²) in [5, 5.41) is 0. The van der Waals surface area contributed by atoms with E-state index in [2.05, 4.69) is 0 Å². The lowest BCUT2D eigenvalue weighted by Crippen LogP contribution is -2.02. The molecule has 0 aliphatic heterocycles. The molecule has 0 spiro atoms. The summed E-state index contributed by atoms with van der Waals surface area (Å²) in [6.45, 7) is 0.188. The summed E-state index contributed by atoms with van der Waals surface area (Å²) >= 11 is 0. The molecule has 7 heteroatoms. The predicted molar refractivity (Wildman–Crippen MR) is 23.7 cm³/mol. The van der Waals surface area contributed by atoms with Crippen molar-refractivity contribution < 1.29 is 30.7 Å². The van der Waals surface area contributed by atoms with E-state index in [1.54, 1.807) is 0 Å². The maximum atomic E-state index is 10.4. The number of rotatable bonds is 1. The van der Waals surface area contributed by atoms with Crippen molar-refractivity contribution in [1.82, 2.24) is 0 Å². The molecule has 0 bridgehead atoms. The molecule has 0 saturated carbocycles. The summed E-state index contributed by atoms with van der Waals surface area (Å²) in [5.41, 5.74) is 0. The highest BCUT2D eigenvalue weighted by Crippen LogP contribution is 2.10. The van der Waals surface area contributed by atoms with E-state index in [1.807, 2.05) is 0 Å². The average molecular weight is 186 g/mol. The second-order valence-corrected chi connectivity index (χ2v) is 1.45. The van der Waals surface area contributed by atoms with Crippen LogP contribution in [0.1, 0.15) is 6.92 Å². The summed E-state index contributed by atoms with van der Waals surface area (Å²) in [6, 6.07) is 0. The van der Waals surface area contributed by atoms with E-state index < -0.39 is 19.0 Å². The highest BCUT2D eigenvalue weighted by atomic mass is 19.4. The molecule has 0 saturated heterocycles. The van der Waals surface area contributed by atoms with Gasteiger partial charge in [-0.3, -0.25) is 0 Å². The zero-order valence-electron chi connectivity index (χ0n) is 5.30. The molecule has 0 aromatic carbocycles. The third-order valence-electron chi connectivity index (χ3n) is 0.190. The van der Waals surface area contributed by atoms with E-state index in [0.717, 1.165) is 0 Å². The maximum absolute atomic E-state index is 10.4. The molecule has 0 amide bonds. The van der Waals surface area contributed by atoms with Gasteiger partial charge in [-0.15, -0.1) is 0 Å². The van der Waals surface area contributed by atoms with Crippen LogP contribution in [-0.4, -0.2) is 19.0 Å². The minimum absolute atomic E-state index is 0.188. The minimum Gasteiger partial charge on any atom is -0.204 e. The standard InChI is InChI=1S/C2H2F4.C2H3F3/c3-1(4)2(5)6;1-2(3,4)5/h1-2H;1H3. The Morgan fingerprint density at radius 1 is 0.818 bits per heavy atom. The number of halogens is 7. The quantitative estimate of drug-likeness (QED) is 0.552. The van der Waals surface area contributed by atoms with Gasteiger partial charge in [0.2, 0.25) is 0 Å². The lowest BCUT2D eigenvalue weighted by molar-refractivity contribution is -0.110. The normalized spacial score (nSPS) is 11.5. The molecule has 11 heavy (non-hydrogen) atoms. The fourth-order valence-electron chi connectivity index (χ4n) is 0. The third-order valence-corrected chi connectivity index (χ3v) is 0.190. The van der Waals surface area contributed by atoms with Gasteiger partial charge >= 0.3 is 6.18 Å². The first-order chi connectivity index (χ1) is 4.64. The molecule has 0 nitrogen and oxygen atoms in total. The van der Waals surface area contributed by atoms with Gasteiger partial charge in [0, 0.05) is 6.92 Å². The molecular formula is C4H5F7. The average Bonchev–Trinajstić information content (AvgIpc) is 1.59. The van der Waals surface area contributed by atoms with Gasteiger partial charge in [0.05, 0.1) is 0 Å². The Hall–Kier alpha value is -0.490. The number of hydrogen-bond acceptors (Lipinski definition) is 0. The molecule has 0 N–H and O–H groups in total. The molecule has 0 aromatic rings. The van der Waals surface area contributed by atoms with E-state index in [0.29, 0.717) is 0 Å². The van der Waals surface area contributed by atoms with Crippen LogP contribution in [0.5, 0.6) is 0 Å². The Bertz CT molecular complexity index is 70.9. The van der Waals surface area contributed by atoms with E-state index in [-0.39, 0.29) is 6.92 Å².